The molecule has 1 amide bonds. The summed E-state index contributed by atoms with van der Waals surface area (Å²) < 4.78 is 11.1. The van der Waals surface area contributed by atoms with Gasteiger partial charge < -0.3 is 10.4 Å². The summed E-state index contributed by atoms with van der Waals surface area (Å²) in [5.74, 6) is -1.76. The predicted octanol–water partition coefficient (Wildman–Crippen LogP) is 0.318. The highest BCUT2D eigenvalue weighted by atomic mass is 32.1. The van der Waals surface area contributed by atoms with E-state index in [-0.39, 0.29) is 16.1 Å². The van der Waals surface area contributed by atoms with E-state index in [1.54, 1.807) is 24.3 Å². The summed E-state index contributed by atoms with van der Waals surface area (Å²) >= 11 is 0.0784. The maximum Gasteiger partial charge on any atom is 0.331 e. The first-order valence-corrected chi connectivity index (χ1v) is 5.93. The number of carboxylic acids is 1. The van der Waals surface area contributed by atoms with E-state index in [1.165, 1.54) is 6.92 Å². The van der Waals surface area contributed by atoms with Gasteiger partial charge in [0.15, 0.2) is 6.04 Å². The zero-order valence-electron chi connectivity index (χ0n) is 9.97. The van der Waals surface area contributed by atoms with E-state index < -0.39 is 17.9 Å². The molecule has 0 aliphatic rings. The van der Waals surface area contributed by atoms with Crippen molar-refractivity contribution in [2.24, 2.45) is 0 Å². The average molecular weight is 267 g/mol. The van der Waals surface area contributed by atoms with Crippen molar-refractivity contribution in [1.29, 1.82) is 0 Å². The zero-order chi connectivity index (χ0) is 13.7. The van der Waals surface area contributed by atoms with Gasteiger partial charge in [-0.25, -0.2) is 9.00 Å². The number of aliphatic carboxylic acids is 1. The SMILES string of the molecule is CC(=O)NC(C(=O)O)C(=S=O)c1ccc(C)cc1. The van der Waals surface area contributed by atoms with Crippen molar-refractivity contribution >= 4 is 28.0 Å². The molecule has 96 valence electrons. The number of hydrogen-bond acceptors (Lipinski definition) is 3. The number of hydrogen-bond donors (Lipinski definition) is 2. The molecule has 1 aromatic carbocycles. The van der Waals surface area contributed by atoms with E-state index in [1.807, 2.05) is 6.92 Å². The average Bonchev–Trinajstić information content (AvgIpc) is 2.30. The first-order chi connectivity index (χ1) is 8.45. The fourth-order valence-corrected chi connectivity index (χ4v) is 1.91. The highest BCUT2D eigenvalue weighted by molar-refractivity contribution is 7.67. The maximum absolute atomic E-state index is 11.1. The van der Waals surface area contributed by atoms with Crippen LogP contribution in [-0.4, -0.2) is 32.1 Å². The molecule has 18 heavy (non-hydrogen) atoms. The van der Waals surface area contributed by atoms with Crippen molar-refractivity contribution in [2.75, 3.05) is 0 Å². The van der Waals surface area contributed by atoms with Crippen LogP contribution in [0.2, 0.25) is 0 Å². The molecule has 1 atom stereocenters. The van der Waals surface area contributed by atoms with Crippen LogP contribution < -0.4 is 5.32 Å². The molecule has 6 heteroatoms. The Balaban J connectivity index is 3.15. The van der Waals surface area contributed by atoms with Crippen molar-refractivity contribution in [1.82, 2.24) is 5.32 Å². The van der Waals surface area contributed by atoms with E-state index in [0.717, 1.165) is 5.56 Å². The quantitative estimate of drug-likeness (QED) is 0.608. The van der Waals surface area contributed by atoms with Crippen molar-refractivity contribution < 1.29 is 18.9 Å². The summed E-state index contributed by atoms with van der Waals surface area (Å²) in [6, 6.07) is 5.56. The molecule has 0 radical (unpaired) electrons. The van der Waals surface area contributed by atoms with Crippen LogP contribution in [0.25, 0.3) is 0 Å². The molecule has 0 fully saturated rings. The Morgan fingerprint density at radius 1 is 1.28 bits per heavy atom. The second kappa shape index (κ2) is 6.11. The van der Waals surface area contributed by atoms with Crippen LogP contribution in [-0.2, 0) is 20.8 Å². The Kier molecular flexibility index (Phi) is 4.79. The fraction of sp³-hybridized carbons (Fsp3) is 0.250. The molecule has 0 spiro atoms. The van der Waals surface area contributed by atoms with Gasteiger partial charge >= 0.3 is 5.97 Å². The Labute approximate surface area is 108 Å². The summed E-state index contributed by atoms with van der Waals surface area (Å²) in [6.45, 7) is 3.09. The Morgan fingerprint density at radius 2 is 1.83 bits per heavy atom. The van der Waals surface area contributed by atoms with E-state index >= 15 is 0 Å². The number of nitrogens with one attached hydrogen (secondary N) is 1. The lowest BCUT2D eigenvalue weighted by atomic mass is 10.0. The highest BCUT2D eigenvalue weighted by Gasteiger charge is 2.25. The van der Waals surface area contributed by atoms with E-state index in [4.69, 9.17) is 5.11 Å². The first-order valence-electron chi connectivity index (χ1n) is 5.19. The van der Waals surface area contributed by atoms with Crippen molar-refractivity contribution in [3.05, 3.63) is 35.4 Å². The summed E-state index contributed by atoms with van der Waals surface area (Å²) in [7, 11) is 0. The summed E-state index contributed by atoms with van der Waals surface area (Å²) in [5, 5.41) is 11.3. The third kappa shape index (κ3) is 3.53. The lowest BCUT2D eigenvalue weighted by molar-refractivity contribution is -0.139. The van der Waals surface area contributed by atoms with Gasteiger partial charge in [0.2, 0.25) is 5.91 Å². The van der Waals surface area contributed by atoms with Gasteiger partial charge in [0.1, 0.15) is 0 Å². The molecule has 0 aliphatic heterocycles. The zero-order valence-corrected chi connectivity index (χ0v) is 10.8. The summed E-state index contributed by atoms with van der Waals surface area (Å²) in [6.07, 6.45) is 0. The van der Waals surface area contributed by atoms with Gasteiger partial charge in [-0.2, -0.15) is 0 Å². The second-order valence-electron chi connectivity index (χ2n) is 3.79. The van der Waals surface area contributed by atoms with Crippen LogP contribution in [0, 0.1) is 6.92 Å². The summed E-state index contributed by atoms with van der Waals surface area (Å²) in [5.41, 5.74) is 1.50. The molecule has 0 bridgehead atoms. The van der Waals surface area contributed by atoms with Crippen LogP contribution in [0.3, 0.4) is 0 Å². The van der Waals surface area contributed by atoms with E-state index in [2.05, 4.69) is 5.32 Å². The minimum absolute atomic E-state index is 0.0673. The molecule has 1 unspecified atom stereocenters. The van der Waals surface area contributed by atoms with Crippen LogP contribution in [0.4, 0.5) is 0 Å². The molecule has 1 aromatic rings. The highest BCUT2D eigenvalue weighted by Crippen LogP contribution is 2.07. The third-order valence-electron chi connectivity index (χ3n) is 2.28. The Hall–Kier alpha value is -1.95. The number of carbonyl (C=O) groups is 2. The van der Waals surface area contributed by atoms with Gasteiger partial charge in [-0.3, -0.25) is 4.79 Å². The van der Waals surface area contributed by atoms with Crippen LogP contribution >= 0.6 is 0 Å². The van der Waals surface area contributed by atoms with Gasteiger partial charge in [-0.15, -0.1) is 0 Å². The standard InChI is InChI=1S/C12H13NO4S/c1-7-3-5-9(6-4-7)11(18-17)10(12(15)16)13-8(2)14/h3-6,10H,1-2H3,(H,13,14)(H,15,16). The summed E-state index contributed by atoms with van der Waals surface area (Å²) in [4.78, 5) is 22.1. The van der Waals surface area contributed by atoms with Crippen molar-refractivity contribution in [3.8, 4) is 0 Å². The monoisotopic (exact) mass is 267 g/mol. The van der Waals surface area contributed by atoms with Gasteiger partial charge in [-0.05, 0) is 12.5 Å². The van der Waals surface area contributed by atoms with E-state index in [0.29, 0.717) is 5.56 Å². The Morgan fingerprint density at radius 3 is 2.22 bits per heavy atom. The molecular formula is C12H13NO4S. The number of rotatable bonds is 4. The van der Waals surface area contributed by atoms with Crippen LogP contribution in [0.1, 0.15) is 18.1 Å². The molecular weight excluding hydrogens is 254 g/mol. The van der Waals surface area contributed by atoms with Crippen LogP contribution in [0.15, 0.2) is 24.3 Å². The smallest absolute Gasteiger partial charge is 0.331 e. The minimum atomic E-state index is -1.31. The number of amides is 1. The number of aryl methyl sites for hydroxylation is 1. The topological polar surface area (TPSA) is 83.5 Å². The lowest BCUT2D eigenvalue weighted by Gasteiger charge is -2.14. The number of carboxylic acid groups (broad SMARTS) is 1. The number of carbonyl (C=O) groups excluding carboxylic acids is 1. The van der Waals surface area contributed by atoms with E-state index in [9.17, 15) is 13.8 Å². The van der Waals surface area contributed by atoms with Gasteiger partial charge in [0.05, 0.1) is 16.1 Å². The largest absolute Gasteiger partial charge is 0.479 e. The molecule has 0 saturated carbocycles. The molecule has 0 aliphatic carbocycles. The van der Waals surface area contributed by atoms with Gasteiger partial charge in [0.25, 0.3) is 0 Å². The molecule has 0 saturated heterocycles. The molecule has 0 aromatic heterocycles. The third-order valence-corrected chi connectivity index (χ3v) is 2.93. The molecule has 5 nitrogen and oxygen atoms in total. The lowest BCUT2D eigenvalue weighted by Crippen LogP contribution is -2.46. The predicted molar refractivity (Wildman–Crippen MR) is 68.7 cm³/mol. The maximum atomic E-state index is 11.1. The first kappa shape index (κ1) is 14.1. The Bertz CT molecular complexity index is 517. The molecule has 0 heterocycles. The van der Waals surface area contributed by atoms with Crippen molar-refractivity contribution in [3.63, 3.8) is 0 Å². The van der Waals surface area contributed by atoms with Gasteiger partial charge in [-0.1, -0.05) is 29.8 Å². The van der Waals surface area contributed by atoms with Crippen molar-refractivity contribution in [2.45, 2.75) is 19.9 Å². The normalized spacial score (nSPS) is 11.4. The van der Waals surface area contributed by atoms with Crippen LogP contribution in [0.5, 0.6) is 0 Å². The molecule has 2 N–H and O–H groups in total. The minimum Gasteiger partial charge on any atom is -0.479 e. The second-order valence-corrected chi connectivity index (χ2v) is 4.39. The number of benzene rings is 1. The molecule has 1 rings (SSSR count). The fourth-order valence-electron chi connectivity index (χ4n) is 1.42. The van der Waals surface area contributed by atoms with Gasteiger partial charge in [0, 0.05) is 6.92 Å².